The third-order valence-corrected chi connectivity index (χ3v) is 2.30. The van der Waals surface area contributed by atoms with E-state index in [1.165, 1.54) is 11.0 Å². The van der Waals surface area contributed by atoms with Gasteiger partial charge >= 0.3 is 0 Å². The molecule has 1 aromatic rings. The number of anilines is 1. The first kappa shape index (κ1) is 10.1. The van der Waals surface area contributed by atoms with E-state index in [1.807, 2.05) is 0 Å². The summed E-state index contributed by atoms with van der Waals surface area (Å²) in [6.45, 7) is 0. The van der Waals surface area contributed by atoms with Gasteiger partial charge < -0.3 is 10.8 Å². The average Bonchev–Trinajstić information content (AvgIpc) is 2.58. The van der Waals surface area contributed by atoms with Crippen molar-refractivity contribution in [1.82, 2.24) is 9.78 Å². The van der Waals surface area contributed by atoms with Crippen LogP contribution in [0.1, 0.15) is 0 Å². The first-order valence-corrected chi connectivity index (χ1v) is 4.76. The van der Waals surface area contributed by atoms with Crippen LogP contribution < -0.4 is 10.6 Å². The molecule has 2 heterocycles. The van der Waals surface area contributed by atoms with Crippen LogP contribution in [0.15, 0.2) is 35.3 Å². The summed E-state index contributed by atoms with van der Waals surface area (Å²) < 4.78 is 1.64. The van der Waals surface area contributed by atoms with Gasteiger partial charge in [0.2, 0.25) is 0 Å². The lowest BCUT2D eigenvalue weighted by molar-refractivity contribution is 0.211. The molecule has 1 aromatic heterocycles. The van der Waals surface area contributed by atoms with Gasteiger partial charge in [-0.05, 0) is 6.08 Å². The topological polar surface area (TPSA) is 67.3 Å². The van der Waals surface area contributed by atoms with Crippen LogP contribution in [0.5, 0.6) is 0 Å². The lowest BCUT2D eigenvalue weighted by Crippen LogP contribution is -2.37. The Bertz CT molecular complexity index is 437. The van der Waals surface area contributed by atoms with Gasteiger partial charge in [0.1, 0.15) is 0 Å². The summed E-state index contributed by atoms with van der Waals surface area (Å²) >= 11 is 5.85. The van der Waals surface area contributed by atoms with Crippen LogP contribution in [0, 0.1) is 0 Å². The lowest BCUT2D eigenvalue weighted by Gasteiger charge is -2.27. The van der Waals surface area contributed by atoms with Crippen molar-refractivity contribution in [2.24, 2.45) is 12.8 Å². The molecule has 1 aliphatic rings. The maximum absolute atomic E-state index is 9.80. The molecule has 0 fully saturated rings. The smallest absolute Gasteiger partial charge is 0.172 e. The minimum absolute atomic E-state index is 0.299. The Hall–Kier alpha value is -1.46. The highest BCUT2D eigenvalue weighted by atomic mass is 35.5. The number of allylic oxidation sites excluding steroid dienone is 2. The van der Waals surface area contributed by atoms with Crippen LogP contribution in [0.25, 0.3) is 0 Å². The molecule has 0 aliphatic carbocycles. The van der Waals surface area contributed by atoms with Crippen molar-refractivity contribution in [2.45, 2.75) is 6.23 Å². The van der Waals surface area contributed by atoms with E-state index in [0.717, 1.165) is 0 Å². The molecule has 1 atom stereocenters. The number of nitrogens with two attached hydrogens (primary N) is 1. The van der Waals surface area contributed by atoms with Crippen molar-refractivity contribution in [2.75, 3.05) is 4.90 Å². The summed E-state index contributed by atoms with van der Waals surface area (Å²) in [6.07, 6.45) is 3.97. The number of aliphatic hydroxyl groups is 1. The Labute approximate surface area is 92.0 Å². The van der Waals surface area contributed by atoms with Crippen molar-refractivity contribution in [3.63, 3.8) is 0 Å². The van der Waals surface area contributed by atoms with Gasteiger partial charge in [-0.2, -0.15) is 5.10 Å². The second kappa shape index (κ2) is 3.60. The molecule has 80 valence electrons. The first-order valence-electron chi connectivity index (χ1n) is 4.38. The van der Waals surface area contributed by atoms with Crippen molar-refractivity contribution < 1.29 is 5.11 Å². The van der Waals surface area contributed by atoms with E-state index in [-0.39, 0.29) is 0 Å². The standard InChI is InChI=1S/C9H11ClN4O/c1-13-3-2-8(12-13)14-5-6(10)4-7(11)9(14)15/h2-5,9,15H,11H2,1H3. The Morgan fingerprint density at radius 3 is 2.93 bits per heavy atom. The molecule has 6 heteroatoms. The molecule has 1 unspecified atom stereocenters. The van der Waals surface area contributed by atoms with Gasteiger partial charge in [-0.15, -0.1) is 0 Å². The minimum Gasteiger partial charge on any atom is -0.398 e. The number of halogens is 1. The maximum Gasteiger partial charge on any atom is 0.172 e. The van der Waals surface area contributed by atoms with Gasteiger partial charge in [-0.3, -0.25) is 9.58 Å². The highest BCUT2D eigenvalue weighted by Gasteiger charge is 2.22. The minimum atomic E-state index is -0.914. The van der Waals surface area contributed by atoms with Gasteiger partial charge in [0.25, 0.3) is 0 Å². The molecule has 0 spiro atoms. The van der Waals surface area contributed by atoms with Crippen LogP contribution in [0.4, 0.5) is 5.82 Å². The van der Waals surface area contributed by atoms with Crippen LogP contribution in [0.2, 0.25) is 0 Å². The van der Waals surface area contributed by atoms with Crippen LogP contribution in [-0.4, -0.2) is 21.1 Å². The summed E-state index contributed by atoms with van der Waals surface area (Å²) in [5, 5.41) is 14.4. The molecule has 3 N–H and O–H groups in total. The highest BCUT2D eigenvalue weighted by Crippen LogP contribution is 2.23. The van der Waals surface area contributed by atoms with Gasteiger partial charge in [-0.25, -0.2) is 0 Å². The molecule has 0 saturated heterocycles. The molecule has 15 heavy (non-hydrogen) atoms. The van der Waals surface area contributed by atoms with Crippen LogP contribution in [0.3, 0.4) is 0 Å². The molecule has 0 bridgehead atoms. The van der Waals surface area contributed by atoms with Crippen molar-refractivity contribution >= 4 is 17.4 Å². The second-order valence-electron chi connectivity index (χ2n) is 3.29. The summed E-state index contributed by atoms with van der Waals surface area (Å²) in [5.74, 6) is 0.596. The zero-order valence-corrected chi connectivity index (χ0v) is 8.89. The highest BCUT2D eigenvalue weighted by molar-refractivity contribution is 6.31. The zero-order valence-electron chi connectivity index (χ0n) is 8.13. The van der Waals surface area contributed by atoms with Crippen molar-refractivity contribution in [3.05, 3.63) is 35.3 Å². The molecule has 0 amide bonds. The number of aliphatic hydroxyl groups excluding tert-OH is 1. The predicted octanol–water partition coefficient (Wildman–Crippen LogP) is 0.481. The van der Waals surface area contributed by atoms with E-state index in [1.54, 1.807) is 30.2 Å². The van der Waals surface area contributed by atoms with Crippen LogP contribution in [-0.2, 0) is 7.05 Å². The fourth-order valence-corrected chi connectivity index (χ4v) is 1.60. The first-order chi connectivity index (χ1) is 7.08. The number of rotatable bonds is 1. The van der Waals surface area contributed by atoms with Gasteiger partial charge in [0, 0.05) is 25.5 Å². The number of hydrogen-bond donors (Lipinski definition) is 2. The van der Waals surface area contributed by atoms with E-state index in [0.29, 0.717) is 16.5 Å². The SMILES string of the molecule is Cn1ccc(N2C=C(Cl)C=C(N)C2O)n1. The van der Waals surface area contributed by atoms with E-state index >= 15 is 0 Å². The molecule has 0 saturated carbocycles. The van der Waals surface area contributed by atoms with Gasteiger partial charge in [0.15, 0.2) is 12.0 Å². The van der Waals surface area contributed by atoms with E-state index in [2.05, 4.69) is 5.10 Å². The number of nitrogens with zero attached hydrogens (tertiary/aromatic N) is 3. The Balaban J connectivity index is 2.35. The molecule has 1 aliphatic heterocycles. The number of hydrogen-bond acceptors (Lipinski definition) is 4. The third kappa shape index (κ3) is 1.84. The molecule has 5 nitrogen and oxygen atoms in total. The molecule has 0 radical (unpaired) electrons. The fraction of sp³-hybridized carbons (Fsp3) is 0.222. The maximum atomic E-state index is 9.80. The lowest BCUT2D eigenvalue weighted by atomic mass is 10.2. The van der Waals surface area contributed by atoms with E-state index < -0.39 is 6.23 Å². The summed E-state index contributed by atoms with van der Waals surface area (Å²) in [7, 11) is 1.80. The summed E-state index contributed by atoms with van der Waals surface area (Å²) in [4.78, 5) is 1.51. The second-order valence-corrected chi connectivity index (χ2v) is 3.72. The Morgan fingerprint density at radius 2 is 2.33 bits per heavy atom. The normalized spacial score (nSPS) is 21.3. The molecule has 2 rings (SSSR count). The largest absolute Gasteiger partial charge is 0.398 e. The van der Waals surface area contributed by atoms with E-state index in [4.69, 9.17) is 17.3 Å². The third-order valence-electron chi connectivity index (χ3n) is 2.09. The number of aromatic nitrogens is 2. The average molecular weight is 227 g/mol. The Morgan fingerprint density at radius 1 is 1.60 bits per heavy atom. The van der Waals surface area contributed by atoms with E-state index in [9.17, 15) is 5.11 Å². The van der Waals surface area contributed by atoms with Crippen LogP contribution >= 0.6 is 11.6 Å². The number of aryl methyl sites for hydroxylation is 1. The monoisotopic (exact) mass is 226 g/mol. The molecular weight excluding hydrogens is 216 g/mol. The Kier molecular flexibility index (Phi) is 2.42. The predicted molar refractivity (Wildman–Crippen MR) is 57.9 cm³/mol. The summed E-state index contributed by atoms with van der Waals surface area (Å²) in [6, 6.07) is 1.77. The quantitative estimate of drug-likeness (QED) is 0.731. The summed E-state index contributed by atoms with van der Waals surface area (Å²) in [5.41, 5.74) is 5.91. The van der Waals surface area contributed by atoms with Crippen molar-refractivity contribution in [1.29, 1.82) is 0 Å². The van der Waals surface area contributed by atoms with Crippen molar-refractivity contribution in [3.8, 4) is 0 Å². The fourth-order valence-electron chi connectivity index (χ4n) is 1.37. The molecule has 0 aromatic carbocycles. The zero-order chi connectivity index (χ0) is 11.0. The van der Waals surface area contributed by atoms with Gasteiger partial charge in [-0.1, -0.05) is 11.6 Å². The van der Waals surface area contributed by atoms with Gasteiger partial charge in [0.05, 0.1) is 10.7 Å². The molecular formula is C9H11ClN4O.